The summed E-state index contributed by atoms with van der Waals surface area (Å²) in [5.41, 5.74) is 4.00. The third-order valence-corrected chi connectivity index (χ3v) is 7.46. The van der Waals surface area contributed by atoms with Crippen molar-refractivity contribution in [1.29, 1.82) is 0 Å². The maximum absolute atomic E-state index is 12.8. The molecule has 0 radical (unpaired) electrons. The Morgan fingerprint density at radius 1 is 1.14 bits per heavy atom. The van der Waals surface area contributed by atoms with Crippen LogP contribution in [0.2, 0.25) is 0 Å². The van der Waals surface area contributed by atoms with Gasteiger partial charge in [-0.3, -0.25) is 9.36 Å². The molecule has 0 unspecified atom stereocenters. The van der Waals surface area contributed by atoms with Crippen LogP contribution >= 0.6 is 15.9 Å². The van der Waals surface area contributed by atoms with Crippen LogP contribution in [0.1, 0.15) is 62.4 Å². The van der Waals surface area contributed by atoms with Crippen molar-refractivity contribution in [3.05, 3.63) is 68.2 Å². The second-order valence-electron chi connectivity index (χ2n) is 8.86. The lowest BCUT2D eigenvalue weighted by atomic mass is 9.78. The highest BCUT2D eigenvalue weighted by Crippen LogP contribution is 2.45. The summed E-state index contributed by atoms with van der Waals surface area (Å²) in [5, 5.41) is 0.622. The predicted molar refractivity (Wildman–Crippen MR) is 118 cm³/mol. The molecule has 1 fully saturated rings. The van der Waals surface area contributed by atoms with E-state index in [2.05, 4.69) is 57.5 Å². The zero-order valence-corrected chi connectivity index (χ0v) is 18.2. The summed E-state index contributed by atoms with van der Waals surface area (Å²) in [4.78, 5) is 28.4. The molecule has 1 saturated carbocycles. The Labute approximate surface area is 178 Å². The average molecular weight is 451 g/mol. The molecule has 0 saturated heterocycles. The zero-order valence-electron chi connectivity index (χ0n) is 16.6. The summed E-state index contributed by atoms with van der Waals surface area (Å²) < 4.78 is 2.94. The standard InChI is InChI=1S/C24H23BrN2O2/c1-24(2)17-11-10-16(15-8-6-14(13-28)7-9-15)12-20(17)27-19-5-3-4-18(25)21(19)22(29)26-23(24)27/h3-5,10-15H,6-9H2,1-2H3. The minimum atomic E-state index is -0.335. The first-order valence-electron chi connectivity index (χ1n) is 10.2. The Bertz CT molecular complexity index is 1200. The van der Waals surface area contributed by atoms with Crippen LogP contribution in [-0.2, 0) is 10.2 Å². The molecule has 2 aliphatic rings. The normalized spacial score (nSPS) is 22.3. The van der Waals surface area contributed by atoms with E-state index >= 15 is 0 Å². The molecule has 2 heterocycles. The monoisotopic (exact) mass is 450 g/mol. The van der Waals surface area contributed by atoms with E-state index in [1.54, 1.807) is 0 Å². The van der Waals surface area contributed by atoms with Gasteiger partial charge in [0, 0.05) is 10.4 Å². The summed E-state index contributed by atoms with van der Waals surface area (Å²) in [6.07, 6.45) is 5.15. The van der Waals surface area contributed by atoms with Gasteiger partial charge in [0.25, 0.3) is 5.56 Å². The minimum absolute atomic E-state index is 0.188. The highest BCUT2D eigenvalue weighted by atomic mass is 79.9. The minimum Gasteiger partial charge on any atom is -0.303 e. The average Bonchev–Trinajstić information content (AvgIpc) is 2.95. The van der Waals surface area contributed by atoms with Crippen molar-refractivity contribution in [2.45, 2.75) is 50.9 Å². The van der Waals surface area contributed by atoms with Gasteiger partial charge in [0.1, 0.15) is 12.1 Å². The predicted octanol–water partition coefficient (Wildman–Crippen LogP) is 5.26. The van der Waals surface area contributed by atoms with E-state index < -0.39 is 0 Å². The second kappa shape index (κ2) is 6.63. The molecule has 5 rings (SSSR count). The Kier molecular flexibility index (Phi) is 4.28. The maximum Gasteiger partial charge on any atom is 0.281 e. The van der Waals surface area contributed by atoms with Gasteiger partial charge in [-0.1, -0.05) is 18.2 Å². The van der Waals surface area contributed by atoms with Gasteiger partial charge in [0.2, 0.25) is 0 Å². The van der Waals surface area contributed by atoms with Crippen molar-refractivity contribution < 1.29 is 4.79 Å². The number of halogens is 1. The summed E-state index contributed by atoms with van der Waals surface area (Å²) in [7, 11) is 0. The van der Waals surface area contributed by atoms with Crippen LogP contribution < -0.4 is 5.56 Å². The van der Waals surface area contributed by atoms with Crippen molar-refractivity contribution in [3.63, 3.8) is 0 Å². The molecule has 0 atom stereocenters. The Balaban J connectivity index is 1.71. The highest BCUT2D eigenvalue weighted by molar-refractivity contribution is 9.10. The number of hydrogen-bond donors (Lipinski definition) is 0. The topological polar surface area (TPSA) is 52.0 Å². The highest BCUT2D eigenvalue weighted by Gasteiger charge is 2.39. The van der Waals surface area contributed by atoms with Gasteiger partial charge < -0.3 is 4.79 Å². The summed E-state index contributed by atoms with van der Waals surface area (Å²) in [5.74, 6) is 1.49. The van der Waals surface area contributed by atoms with Gasteiger partial charge in [-0.05, 0) is 90.7 Å². The largest absolute Gasteiger partial charge is 0.303 e. The van der Waals surface area contributed by atoms with Gasteiger partial charge in [-0.15, -0.1) is 0 Å². The number of aldehydes is 1. The van der Waals surface area contributed by atoms with E-state index in [-0.39, 0.29) is 16.9 Å². The molecule has 1 aliphatic heterocycles. The number of hydrogen-bond acceptors (Lipinski definition) is 3. The van der Waals surface area contributed by atoms with Crippen molar-refractivity contribution in [1.82, 2.24) is 9.55 Å². The van der Waals surface area contributed by atoms with Crippen LogP contribution in [-0.4, -0.2) is 15.8 Å². The van der Waals surface area contributed by atoms with E-state index in [1.165, 1.54) is 11.1 Å². The van der Waals surface area contributed by atoms with Gasteiger partial charge in [-0.25, -0.2) is 0 Å². The van der Waals surface area contributed by atoms with E-state index in [0.29, 0.717) is 11.3 Å². The van der Waals surface area contributed by atoms with Crippen LogP contribution in [0, 0.1) is 5.92 Å². The maximum atomic E-state index is 12.8. The quantitative estimate of drug-likeness (QED) is 0.500. The third kappa shape index (κ3) is 2.74. The lowest BCUT2D eigenvalue weighted by molar-refractivity contribution is -0.111. The first-order chi connectivity index (χ1) is 13.9. The molecule has 1 aliphatic carbocycles. The van der Waals surface area contributed by atoms with Crippen molar-refractivity contribution >= 4 is 33.1 Å². The molecule has 29 heavy (non-hydrogen) atoms. The lowest BCUT2D eigenvalue weighted by Crippen LogP contribution is -2.24. The summed E-state index contributed by atoms with van der Waals surface area (Å²) >= 11 is 3.53. The Morgan fingerprint density at radius 2 is 1.90 bits per heavy atom. The number of carbonyl (C=O) groups is 1. The summed E-state index contributed by atoms with van der Waals surface area (Å²) in [6, 6.07) is 12.6. The molecule has 148 valence electrons. The number of carbonyl (C=O) groups excluding carboxylic acids is 1. The van der Waals surface area contributed by atoms with Crippen LogP contribution in [0.15, 0.2) is 45.7 Å². The van der Waals surface area contributed by atoms with Crippen LogP contribution in [0.4, 0.5) is 0 Å². The van der Waals surface area contributed by atoms with Gasteiger partial charge in [0.15, 0.2) is 0 Å². The smallest absolute Gasteiger partial charge is 0.281 e. The second-order valence-corrected chi connectivity index (χ2v) is 9.71. The molecular formula is C24H23BrN2O2. The molecule has 5 heteroatoms. The molecule has 3 aromatic rings. The molecule has 2 aromatic carbocycles. The SMILES string of the molecule is CC1(C)c2ccc(C3CCC(C=O)CC3)cc2-n2c1nc(=O)c1c(Br)cccc12. The number of aromatic nitrogens is 2. The molecule has 4 nitrogen and oxygen atoms in total. The Morgan fingerprint density at radius 3 is 2.62 bits per heavy atom. The fourth-order valence-electron chi connectivity index (χ4n) is 5.12. The third-order valence-electron chi connectivity index (χ3n) is 6.80. The van der Waals surface area contributed by atoms with E-state index in [1.807, 2.05) is 18.2 Å². The van der Waals surface area contributed by atoms with E-state index in [0.717, 1.165) is 53.5 Å². The van der Waals surface area contributed by atoms with Crippen molar-refractivity contribution in [3.8, 4) is 5.69 Å². The number of rotatable bonds is 2. The molecular weight excluding hydrogens is 428 g/mol. The Hall–Kier alpha value is -2.27. The first-order valence-corrected chi connectivity index (χ1v) is 11.0. The van der Waals surface area contributed by atoms with Gasteiger partial charge in [0.05, 0.1) is 22.0 Å². The van der Waals surface area contributed by atoms with E-state index in [9.17, 15) is 9.59 Å². The number of fused-ring (bicyclic) bond motifs is 5. The van der Waals surface area contributed by atoms with Crippen LogP contribution in [0.3, 0.4) is 0 Å². The van der Waals surface area contributed by atoms with Gasteiger partial charge >= 0.3 is 0 Å². The molecule has 0 N–H and O–H groups in total. The van der Waals surface area contributed by atoms with Crippen LogP contribution in [0.5, 0.6) is 0 Å². The molecule has 0 bridgehead atoms. The molecule has 0 spiro atoms. The molecule has 1 aromatic heterocycles. The van der Waals surface area contributed by atoms with Crippen LogP contribution in [0.25, 0.3) is 16.6 Å². The number of benzene rings is 2. The first kappa shape index (κ1) is 18.7. The molecule has 0 amide bonds. The fraction of sp³-hybridized carbons (Fsp3) is 0.375. The van der Waals surface area contributed by atoms with Gasteiger partial charge in [-0.2, -0.15) is 4.98 Å². The van der Waals surface area contributed by atoms with Crippen molar-refractivity contribution in [2.75, 3.05) is 0 Å². The van der Waals surface area contributed by atoms with E-state index in [4.69, 9.17) is 0 Å². The lowest BCUT2D eigenvalue weighted by Gasteiger charge is -2.26. The summed E-state index contributed by atoms with van der Waals surface area (Å²) in [6.45, 7) is 4.27. The van der Waals surface area contributed by atoms with Crippen molar-refractivity contribution in [2.24, 2.45) is 5.92 Å². The zero-order chi connectivity index (χ0) is 20.3. The number of nitrogens with zero attached hydrogens (tertiary/aromatic N) is 2. The fourth-order valence-corrected chi connectivity index (χ4v) is 5.64.